The van der Waals surface area contributed by atoms with Crippen LogP contribution in [-0.4, -0.2) is 26.9 Å². The smallest absolute Gasteiger partial charge is 0.414 e. The molecule has 0 aliphatic rings. The Morgan fingerprint density at radius 1 is 1.30 bits per heavy atom. The predicted molar refractivity (Wildman–Crippen MR) is 79.4 cm³/mol. The molecule has 0 fully saturated rings. The molecule has 0 aliphatic carbocycles. The van der Waals surface area contributed by atoms with Crippen molar-refractivity contribution in [2.45, 2.75) is 26.4 Å². The summed E-state index contributed by atoms with van der Waals surface area (Å²) < 4.78 is 6.10. The average Bonchev–Trinajstić information content (AvgIpc) is 2.75. The van der Waals surface area contributed by atoms with E-state index in [-0.39, 0.29) is 5.95 Å². The van der Waals surface area contributed by atoms with E-state index in [1.807, 2.05) is 24.3 Å². The van der Waals surface area contributed by atoms with E-state index in [4.69, 9.17) is 4.74 Å². The molecule has 0 spiro atoms. The van der Waals surface area contributed by atoms with Gasteiger partial charge in [0.05, 0.1) is 0 Å². The summed E-state index contributed by atoms with van der Waals surface area (Å²) in [7, 11) is 0. The number of nitrogens with zero attached hydrogens (tertiary/aromatic N) is 2. The Morgan fingerprint density at radius 2 is 1.95 bits per heavy atom. The van der Waals surface area contributed by atoms with Gasteiger partial charge >= 0.3 is 6.09 Å². The number of carbonyl (C=O) groups is 1. The van der Waals surface area contributed by atoms with Gasteiger partial charge in [-0.15, -0.1) is 5.10 Å². The van der Waals surface area contributed by atoms with Crippen LogP contribution in [0.3, 0.4) is 0 Å². The maximum Gasteiger partial charge on any atom is 0.414 e. The van der Waals surface area contributed by atoms with Gasteiger partial charge in [0, 0.05) is 10.0 Å². The highest BCUT2D eigenvalue weighted by Crippen LogP contribution is 2.19. The Labute approximate surface area is 125 Å². The van der Waals surface area contributed by atoms with Gasteiger partial charge in [0.25, 0.3) is 5.95 Å². The third-order valence-electron chi connectivity index (χ3n) is 2.22. The molecular weight excluding hydrogens is 324 g/mol. The topological polar surface area (TPSA) is 79.9 Å². The van der Waals surface area contributed by atoms with Gasteiger partial charge in [0.15, 0.2) is 5.82 Å². The van der Waals surface area contributed by atoms with Gasteiger partial charge in [0.2, 0.25) is 0 Å². The number of H-pyrrole nitrogens is 1. The molecule has 1 heterocycles. The number of hydrogen-bond acceptors (Lipinski definition) is 4. The third kappa shape index (κ3) is 4.06. The number of halogens is 1. The lowest BCUT2D eigenvalue weighted by atomic mass is 10.2. The van der Waals surface area contributed by atoms with Gasteiger partial charge in [-0.3, -0.25) is 10.4 Å². The van der Waals surface area contributed by atoms with E-state index in [1.54, 1.807) is 20.8 Å². The van der Waals surface area contributed by atoms with Crippen molar-refractivity contribution in [3.05, 3.63) is 28.7 Å². The summed E-state index contributed by atoms with van der Waals surface area (Å²) in [5, 5.41) is 9.16. The third-order valence-corrected chi connectivity index (χ3v) is 2.74. The van der Waals surface area contributed by atoms with E-state index >= 15 is 0 Å². The van der Waals surface area contributed by atoms with Crippen LogP contribution in [0, 0.1) is 0 Å². The number of aromatic nitrogens is 3. The first-order valence-corrected chi connectivity index (χ1v) is 6.81. The molecule has 6 nitrogen and oxygen atoms in total. The highest BCUT2D eigenvalue weighted by molar-refractivity contribution is 9.10. The van der Waals surface area contributed by atoms with E-state index in [1.165, 1.54) is 0 Å². The zero-order valence-electron chi connectivity index (χ0n) is 11.4. The fourth-order valence-electron chi connectivity index (χ4n) is 1.45. The summed E-state index contributed by atoms with van der Waals surface area (Å²) in [6.45, 7) is 5.37. The van der Waals surface area contributed by atoms with Crippen LogP contribution in [0.2, 0.25) is 0 Å². The number of rotatable bonds is 2. The molecule has 0 saturated heterocycles. The van der Waals surface area contributed by atoms with Crippen LogP contribution in [0.15, 0.2) is 28.7 Å². The van der Waals surface area contributed by atoms with Crippen molar-refractivity contribution in [1.82, 2.24) is 15.2 Å². The van der Waals surface area contributed by atoms with Crippen molar-refractivity contribution in [1.29, 1.82) is 0 Å². The first-order valence-electron chi connectivity index (χ1n) is 6.02. The van der Waals surface area contributed by atoms with Gasteiger partial charge in [-0.2, -0.15) is 4.98 Å². The molecule has 1 amide bonds. The molecule has 7 heteroatoms. The molecule has 0 unspecified atom stereocenters. The Kier molecular flexibility index (Phi) is 4.08. The number of aromatic amines is 1. The van der Waals surface area contributed by atoms with Crippen molar-refractivity contribution in [3.8, 4) is 11.4 Å². The van der Waals surface area contributed by atoms with Crippen molar-refractivity contribution in [2.75, 3.05) is 5.32 Å². The van der Waals surface area contributed by atoms with Crippen molar-refractivity contribution >= 4 is 28.0 Å². The minimum atomic E-state index is -0.584. The highest BCUT2D eigenvalue weighted by Gasteiger charge is 2.17. The number of nitrogens with one attached hydrogen (secondary N) is 2. The Morgan fingerprint density at radius 3 is 2.55 bits per heavy atom. The second kappa shape index (κ2) is 5.62. The van der Waals surface area contributed by atoms with Crippen LogP contribution in [0.5, 0.6) is 0 Å². The second-order valence-electron chi connectivity index (χ2n) is 5.14. The van der Waals surface area contributed by atoms with Gasteiger partial charge < -0.3 is 4.74 Å². The molecule has 2 aromatic rings. The number of hydrogen-bond donors (Lipinski definition) is 2. The maximum absolute atomic E-state index is 11.6. The summed E-state index contributed by atoms with van der Waals surface area (Å²) in [4.78, 5) is 15.8. The lowest BCUT2D eigenvalue weighted by Gasteiger charge is -2.18. The fourth-order valence-corrected chi connectivity index (χ4v) is 1.71. The summed E-state index contributed by atoms with van der Waals surface area (Å²) in [5.74, 6) is 0.751. The Hall–Kier alpha value is -1.89. The molecule has 2 rings (SSSR count). The molecule has 106 valence electrons. The summed E-state index contributed by atoms with van der Waals surface area (Å²) in [5.41, 5.74) is 0.313. The average molecular weight is 339 g/mol. The molecule has 0 atom stereocenters. The minimum Gasteiger partial charge on any atom is -0.444 e. The van der Waals surface area contributed by atoms with Crippen LogP contribution in [-0.2, 0) is 4.74 Å². The van der Waals surface area contributed by atoms with E-state index in [0.717, 1.165) is 10.0 Å². The van der Waals surface area contributed by atoms with Crippen molar-refractivity contribution in [3.63, 3.8) is 0 Å². The van der Waals surface area contributed by atoms with Crippen LogP contribution >= 0.6 is 15.9 Å². The summed E-state index contributed by atoms with van der Waals surface area (Å²) in [6.07, 6.45) is -0.584. The van der Waals surface area contributed by atoms with E-state index in [0.29, 0.717) is 5.82 Å². The molecule has 0 bridgehead atoms. The quantitative estimate of drug-likeness (QED) is 0.876. The zero-order valence-corrected chi connectivity index (χ0v) is 13.0. The van der Waals surface area contributed by atoms with Gasteiger partial charge in [-0.25, -0.2) is 4.79 Å². The van der Waals surface area contributed by atoms with E-state index < -0.39 is 11.7 Å². The van der Waals surface area contributed by atoms with Crippen molar-refractivity contribution < 1.29 is 9.53 Å². The second-order valence-corrected chi connectivity index (χ2v) is 6.06. The molecule has 0 saturated carbocycles. The van der Waals surface area contributed by atoms with Crippen LogP contribution in [0.4, 0.5) is 10.7 Å². The minimum absolute atomic E-state index is 0.178. The molecule has 0 aliphatic heterocycles. The first-order chi connectivity index (χ1) is 9.33. The van der Waals surface area contributed by atoms with Gasteiger partial charge in [0.1, 0.15) is 5.60 Å². The molecular formula is C13H15BrN4O2. The summed E-state index contributed by atoms with van der Waals surface area (Å²) in [6, 6.07) is 7.58. The van der Waals surface area contributed by atoms with E-state index in [9.17, 15) is 4.79 Å². The number of ether oxygens (including phenoxy) is 1. The normalized spacial score (nSPS) is 11.2. The van der Waals surface area contributed by atoms with E-state index in [2.05, 4.69) is 36.4 Å². The van der Waals surface area contributed by atoms with Crippen molar-refractivity contribution in [2.24, 2.45) is 0 Å². The lowest BCUT2D eigenvalue weighted by molar-refractivity contribution is 0.0634. The zero-order chi connectivity index (χ0) is 14.8. The van der Waals surface area contributed by atoms with Gasteiger partial charge in [-0.05, 0) is 32.9 Å². The molecule has 0 radical (unpaired) electrons. The largest absolute Gasteiger partial charge is 0.444 e. The van der Waals surface area contributed by atoms with Gasteiger partial charge in [-0.1, -0.05) is 28.1 Å². The van der Waals surface area contributed by atoms with Crippen LogP contribution < -0.4 is 5.32 Å². The highest BCUT2D eigenvalue weighted by atomic mass is 79.9. The molecule has 2 N–H and O–H groups in total. The first kappa shape index (κ1) is 14.5. The Bertz CT molecular complexity index is 602. The number of anilines is 1. The molecule has 1 aromatic carbocycles. The van der Waals surface area contributed by atoms with Crippen LogP contribution in [0.1, 0.15) is 20.8 Å². The summed E-state index contributed by atoms with van der Waals surface area (Å²) >= 11 is 3.36. The molecule has 20 heavy (non-hydrogen) atoms. The monoisotopic (exact) mass is 338 g/mol. The SMILES string of the molecule is CC(C)(C)OC(=O)Nc1n[nH]c(-c2ccc(Br)cc2)n1. The molecule has 1 aromatic heterocycles. The number of benzene rings is 1. The number of amides is 1. The lowest BCUT2D eigenvalue weighted by Crippen LogP contribution is -2.27. The number of carbonyl (C=O) groups excluding carboxylic acids is 1. The maximum atomic E-state index is 11.6. The van der Waals surface area contributed by atoms with Crippen LogP contribution in [0.25, 0.3) is 11.4 Å². The predicted octanol–water partition coefficient (Wildman–Crippen LogP) is 3.58. The Balaban J connectivity index is 2.06. The standard InChI is InChI=1S/C13H15BrN4O2/c1-13(2,3)20-12(19)16-11-15-10(17-18-11)8-4-6-9(14)7-5-8/h4-7H,1-3H3,(H2,15,16,17,18,19). The fraction of sp³-hybridized carbons (Fsp3) is 0.308.